The summed E-state index contributed by atoms with van der Waals surface area (Å²) in [6.07, 6.45) is 1.97. The highest BCUT2D eigenvalue weighted by Gasteiger charge is 2.28. The molecule has 1 aliphatic rings. The van der Waals surface area contributed by atoms with E-state index in [1.165, 1.54) is 6.07 Å². The van der Waals surface area contributed by atoms with Crippen LogP contribution in [0.5, 0.6) is 5.75 Å². The topological polar surface area (TPSA) is 39.1 Å². The molecule has 0 saturated carbocycles. The number of methoxy groups -OCH3 is 1. The predicted octanol–water partition coefficient (Wildman–Crippen LogP) is 5.89. The zero-order chi connectivity index (χ0) is 20.0. The molecule has 0 saturated heterocycles. The van der Waals surface area contributed by atoms with Gasteiger partial charge in [-0.2, -0.15) is 0 Å². The number of hydrogen-bond acceptors (Lipinski definition) is 3. The fourth-order valence-corrected chi connectivity index (χ4v) is 4.05. The molecule has 0 radical (unpaired) electrons. The lowest BCUT2D eigenvalue weighted by Gasteiger charge is -2.27. The second kappa shape index (κ2) is 6.94. The van der Waals surface area contributed by atoms with E-state index in [9.17, 15) is 4.39 Å². The number of aromatic nitrogens is 2. The number of anilines is 1. The SMILES string of the molecule is COc1cccc(C2=C[C@@H](c3c(F)cccc3Cl)n3c(nc4ccccc43)N2)c1. The normalized spacial score (nSPS) is 15.6. The number of nitrogens with zero attached hydrogens (tertiary/aromatic N) is 2. The zero-order valence-electron chi connectivity index (χ0n) is 15.6. The van der Waals surface area contributed by atoms with Crippen molar-refractivity contribution in [2.24, 2.45) is 0 Å². The van der Waals surface area contributed by atoms with Crippen molar-refractivity contribution in [1.82, 2.24) is 9.55 Å². The molecule has 0 bridgehead atoms. The van der Waals surface area contributed by atoms with Gasteiger partial charge in [0, 0.05) is 21.8 Å². The average molecular weight is 406 g/mol. The largest absolute Gasteiger partial charge is 0.497 e. The van der Waals surface area contributed by atoms with E-state index in [1.54, 1.807) is 19.2 Å². The van der Waals surface area contributed by atoms with Crippen LogP contribution >= 0.6 is 11.6 Å². The summed E-state index contributed by atoms with van der Waals surface area (Å²) < 4.78 is 22.2. The predicted molar refractivity (Wildman–Crippen MR) is 114 cm³/mol. The molecule has 4 aromatic rings. The molecule has 1 aromatic heterocycles. The molecular formula is C23H17ClFN3O. The lowest BCUT2D eigenvalue weighted by molar-refractivity contribution is 0.414. The van der Waals surface area contributed by atoms with Gasteiger partial charge in [0.05, 0.1) is 24.2 Å². The van der Waals surface area contributed by atoms with Gasteiger partial charge in [-0.1, -0.05) is 41.9 Å². The number of nitrogens with one attached hydrogen (secondary N) is 1. The van der Waals surface area contributed by atoms with E-state index >= 15 is 0 Å². The van der Waals surface area contributed by atoms with Crippen molar-refractivity contribution >= 4 is 34.3 Å². The third kappa shape index (κ3) is 2.95. The number of allylic oxidation sites excluding steroid dienone is 1. The highest BCUT2D eigenvalue weighted by Crippen LogP contribution is 2.40. The summed E-state index contributed by atoms with van der Waals surface area (Å²) in [5, 5.41) is 3.76. The summed E-state index contributed by atoms with van der Waals surface area (Å²) in [6.45, 7) is 0. The minimum absolute atomic E-state index is 0.352. The Bertz CT molecular complexity index is 1240. The third-order valence-electron chi connectivity index (χ3n) is 5.12. The fraction of sp³-hybridized carbons (Fsp3) is 0.0870. The van der Waals surface area contributed by atoms with Crippen LogP contribution in [0.1, 0.15) is 17.2 Å². The minimum Gasteiger partial charge on any atom is -0.497 e. The van der Waals surface area contributed by atoms with Crippen molar-refractivity contribution in [3.05, 3.63) is 94.8 Å². The van der Waals surface area contributed by atoms with Crippen LogP contribution in [0.2, 0.25) is 5.02 Å². The Balaban J connectivity index is 1.76. The highest BCUT2D eigenvalue weighted by molar-refractivity contribution is 6.31. The smallest absolute Gasteiger partial charge is 0.209 e. The molecule has 0 spiro atoms. The van der Waals surface area contributed by atoms with Gasteiger partial charge in [0.15, 0.2) is 0 Å². The summed E-state index contributed by atoms with van der Waals surface area (Å²) in [7, 11) is 1.63. The number of hydrogen-bond donors (Lipinski definition) is 1. The number of fused-ring (bicyclic) bond motifs is 3. The van der Waals surface area contributed by atoms with Crippen molar-refractivity contribution in [3.63, 3.8) is 0 Å². The monoisotopic (exact) mass is 405 g/mol. The first-order valence-corrected chi connectivity index (χ1v) is 9.57. The number of imidazole rings is 1. The summed E-state index contributed by atoms with van der Waals surface area (Å²) in [5.41, 5.74) is 3.88. The van der Waals surface area contributed by atoms with Crippen molar-refractivity contribution in [3.8, 4) is 5.75 Å². The van der Waals surface area contributed by atoms with Gasteiger partial charge in [-0.3, -0.25) is 4.57 Å². The van der Waals surface area contributed by atoms with Crippen molar-refractivity contribution in [2.45, 2.75) is 6.04 Å². The molecule has 144 valence electrons. The Morgan fingerprint density at radius 1 is 1.07 bits per heavy atom. The lowest BCUT2D eigenvalue weighted by atomic mass is 10.0. The van der Waals surface area contributed by atoms with E-state index in [-0.39, 0.29) is 5.82 Å². The van der Waals surface area contributed by atoms with E-state index in [2.05, 4.69) is 5.32 Å². The zero-order valence-corrected chi connectivity index (χ0v) is 16.3. The number of ether oxygens (including phenoxy) is 1. The average Bonchev–Trinajstić information content (AvgIpc) is 3.12. The van der Waals surface area contributed by atoms with Crippen molar-refractivity contribution in [2.75, 3.05) is 12.4 Å². The molecule has 3 aromatic carbocycles. The number of halogens is 2. The Morgan fingerprint density at radius 2 is 1.90 bits per heavy atom. The van der Waals surface area contributed by atoms with E-state index in [0.29, 0.717) is 16.5 Å². The summed E-state index contributed by atoms with van der Waals surface area (Å²) in [5.74, 6) is 1.02. The van der Waals surface area contributed by atoms with Crippen molar-refractivity contribution < 1.29 is 9.13 Å². The van der Waals surface area contributed by atoms with Gasteiger partial charge in [0.1, 0.15) is 11.6 Å². The van der Waals surface area contributed by atoms with E-state index in [4.69, 9.17) is 21.3 Å². The Hall–Kier alpha value is -3.31. The van der Waals surface area contributed by atoms with E-state index < -0.39 is 6.04 Å². The molecule has 0 fully saturated rings. The molecule has 6 heteroatoms. The summed E-state index contributed by atoms with van der Waals surface area (Å²) in [6, 6.07) is 19.8. The first kappa shape index (κ1) is 17.8. The Labute approximate surface area is 172 Å². The maximum absolute atomic E-state index is 14.9. The molecule has 1 aliphatic heterocycles. The van der Waals surface area contributed by atoms with Crippen LogP contribution in [0.15, 0.2) is 72.8 Å². The fourth-order valence-electron chi connectivity index (χ4n) is 3.77. The van der Waals surface area contributed by atoms with Crippen LogP contribution in [-0.4, -0.2) is 16.7 Å². The molecule has 2 heterocycles. The molecule has 1 N–H and O–H groups in total. The minimum atomic E-state index is -0.450. The summed E-state index contributed by atoms with van der Waals surface area (Å²) >= 11 is 6.45. The highest BCUT2D eigenvalue weighted by atomic mass is 35.5. The van der Waals surface area contributed by atoms with E-state index in [0.717, 1.165) is 28.0 Å². The van der Waals surface area contributed by atoms with Gasteiger partial charge in [0.25, 0.3) is 0 Å². The van der Waals surface area contributed by atoms with Crippen LogP contribution in [0, 0.1) is 5.82 Å². The van der Waals surface area contributed by atoms with Gasteiger partial charge in [-0.05, 0) is 42.5 Å². The number of benzene rings is 3. The first-order chi connectivity index (χ1) is 14.2. The second-order valence-electron chi connectivity index (χ2n) is 6.81. The molecule has 1 atom stereocenters. The quantitative estimate of drug-likeness (QED) is 0.461. The molecule has 4 nitrogen and oxygen atoms in total. The summed E-state index contributed by atoms with van der Waals surface area (Å²) in [4.78, 5) is 4.72. The standard InChI is InChI=1S/C23H17ClFN3O/c1-29-15-7-4-6-14(12-15)19-13-21(22-16(24)8-5-9-17(22)25)28-20-11-3-2-10-18(20)26-23(28)27-19/h2-13,21H,1H3,(H,26,27)/t21-/m0/s1. The maximum Gasteiger partial charge on any atom is 0.209 e. The van der Waals surface area contributed by atoms with Crippen LogP contribution in [0.4, 0.5) is 10.3 Å². The van der Waals surface area contributed by atoms with Crippen LogP contribution < -0.4 is 10.1 Å². The second-order valence-corrected chi connectivity index (χ2v) is 7.22. The van der Waals surface area contributed by atoms with E-state index in [1.807, 2.05) is 59.2 Å². The van der Waals surface area contributed by atoms with Gasteiger partial charge in [0.2, 0.25) is 5.95 Å². The lowest BCUT2D eigenvalue weighted by Crippen LogP contribution is -2.20. The van der Waals surface area contributed by atoms with Gasteiger partial charge >= 0.3 is 0 Å². The maximum atomic E-state index is 14.9. The number of rotatable bonds is 3. The Morgan fingerprint density at radius 3 is 2.72 bits per heavy atom. The molecular weight excluding hydrogens is 389 g/mol. The van der Waals surface area contributed by atoms with Crippen LogP contribution in [0.3, 0.4) is 0 Å². The molecule has 5 rings (SSSR count). The number of para-hydroxylation sites is 2. The van der Waals surface area contributed by atoms with Gasteiger partial charge in [-0.25, -0.2) is 9.37 Å². The molecule has 0 unspecified atom stereocenters. The Kier molecular flexibility index (Phi) is 4.25. The van der Waals surface area contributed by atoms with Gasteiger partial charge in [-0.15, -0.1) is 0 Å². The van der Waals surface area contributed by atoms with Crippen molar-refractivity contribution in [1.29, 1.82) is 0 Å². The molecule has 0 aliphatic carbocycles. The van der Waals surface area contributed by atoms with Crippen LogP contribution in [0.25, 0.3) is 16.7 Å². The third-order valence-corrected chi connectivity index (χ3v) is 5.45. The molecule has 0 amide bonds. The first-order valence-electron chi connectivity index (χ1n) is 9.20. The van der Waals surface area contributed by atoms with Crippen LogP contribution in [-0.2, 0) is 0 Å². The van der Waals surface area contributed by atoms with Gasteiger partial charge < -0.3 is 10.1 Å². The molecule has 29 heavy (non-hydrogen) atoms.